The monoisotopic (exact) mass is 192 g/mol. The lowest BCUT2D eigenvalue weighted by atomic mass is 9.78. The molecule has 1 N–H and O–H groups in total. The van der Waals surface area contributed by atoms with Crippen molar-refractivity contribution >= 4 is 0 Å². The Morgan fingerprint density at radius 1 is 0.929 bits per heavy atom. The van der Waals surface area contributed by atoms with Crippen molar-refractivity contribution in [2.45, 2.75) is 44.6 Å². The molecule has 4 aliphatic carbocycles. The number of hydrogen-bond acceptors (Lipinski definition) is 1. The molecule has 0 heterocycles. The molecule has 0 saturated heterocycles. The fourth-order valence-corrected chi connectivity index (χ4v) is 4.94. The summed E-state index contributed by atoms with van der Waals surface area (Å²) in [5.41, 5.74) is 0. The molecule has 1 heteroatoms. The van der Waals surface area contributed by atoms with Gasteiger partial charge in [0.15, 0.2) is 0 Å². The van der Waals surface area contributed by atoms with Crippen LogP contribution in [0.5, 0.6) is 0 Å². The Balaban J connectivity index is 1.49. The molecule has 4 saturated carbocycles. The maximum Gasteiger partial charge on any atom is 0.0602 e. The summed E-state index contributed by atoms with van der Waals surface area (Å²) < 4.78 is 0. The molecule has 0 aromatic carbocycles. The Kier molecular flexibility index (Phi) is 1.49. The van der Waals surface area contributed by atoms with Crippen LogP contribution in [-0.2, 0) is 0 Å². The average Bonchev–Trinajstić information content (AvgIpc) is 2.53. The molecule has 0 aromatic rings. The van der Waals surface area contributed by atoms with Gasteiger partial charge in [-0.15, -0.1) is 0 Å². The van der Waals surface area contributed by atoms with Crippen molar-refractivity contribution in [1.82, 2.24) is 0 Å². The summed E-state index contributed by atoms with van der Waals surface area (Å²) in [7, 11) is 0. The van der Waals surface area contributed by atoms with Crippen molar-refractivity contribution in [2.24, 2.45) is 35.5 Å². The second kappa shape index (κ2) is 2.55. The van der Waals surface area contributed by atoms with Crippen LogP contribution in [0, 0.1) is 35.5 Å². The van der Waals surface area contributed by atoms with Gasteiger partial charge in [-0.1, -0.05) is 6.42 Å². The van der Waals surface area contributed by atoms with E-state index in [2.05, 4.69) is 0 Å². The Morgan fingerprint density at radius 2 is 1.57 bits per heavy atom. The van der Waals surface area contributed by atoms with Crippen molar-refractivity contribution in [3.05, 3.63) is 0 Å². The molecule has 0 radical (unpaired) electrons. The zero-order valence-electron chi connectivity index (χ0n) is 8.73. The highest BCUT2D eigenvalue weighted by atomic mass is 16.3. The second-order valence-electron chi connectivity index (χ2n) is 6.25. The van der Waals surface area contributed by atoms with Crippen LogP contribution in [0.4, 0.5) is 0 Å². The summed E-state index contributed by atoms with van der Waals surface area (Å²) in [6.45, 7) is 0. The predicted molar refractivity (Wildman–Crippen MR) is 54.6 cm³/mol. The Labute approximate surface area is 85.9 Å². The molecular formula is C13H20O. The SMILES string of the molecule is OC(C1CCC1)C1C2C3CCC(C3)C21. The number of rotatable bonds is 2. The van der Waals surface area contributed by atoms with E-state index in [0.717, 1.165) is 29.6 Å². The minimum atomic E-state index is 0.0992. The Bertz CT molecular complexity index is 242. The quantitative estimate of drug-likeness (QED) is 0.712. The summed E-state index contributed by atoms with van der Waals surface area (Å²) in [5, 5.41) is 10.3. The molecule has 5 unspecified atom stereocenters. The molecule has 14 heavy (non-hydrogen) atoms. The van der Waals surface area contributed by atoms with E-state index in [4.69, 9.17) is 0 Å². The molecule has 2 bridgehead atoms. The molecule has 78 valence electrons. The smallest absolute Gasteiger partial charge is 0.0602 e. The maximum absolute atomic E-state index is 10.3. The maximum atomic E-state index is 10.3. The molecular weight excluding hydrogens is 172 g/mol. The lowest BCUT2D eigenvalue weighted by Crippen LogP contribution is -2.30. The fraction of sp³-hybridized carbons (Fsp3) is 1.00. The Morgan fingerprint density at radius 3 is 2.07 bits per heavy atom. The van der Waals surface area contributed by atoms with Crippen LogP contribution in [0.1, 0.15) is 38.5 Å². The van der Waals surface area contributed by atoms with E-state index in [1.54, 1.807) is 0 Å². The highest BCUT2D eigenvalue weighted by molar-refractivity contribution is 5.15. The second-order valence-corrected chi connectivity index (χ2v) is 6.25. The predicted octanol–water partition coefficient (Wildman–Crippen LogP) is 2.44. The summed E-state index contributed by atoms with van der Waals surface area (Å²) in [6, 6.07) is 0. The number of fused-ring (bicyclic) bond motifs is 5. The lowest BCUT2D eigenvalue weighted by Gasteiger charge is -2.31. The first kappa shape index (κ1) is 8.15. The fourth-order valence-electron chi connectivity index (χ4n) is 4.94. The van der Waals surface area contributed by atoms with E-state index < -0.39 is 0 Å². The highest BCUT2D eigenvalue weighted by Gasteiger charge is 2.67. The van der Waals surface area contributed by atoms with Gasteiger partial charge < -0.3 is 5.11 Å². The van der Waals surface area contributed by atoms with Gasteiger partial charge in [0.25, 0.3) is 0 Å². The Hall–Kier alpha value is -0.0400. The third-order valence-corrected chi connectivity index (χ3v) is 5.82. The van der Waals surface area contributed by atoms with Gasteiger partial charge in [0, 0.05) is 0 Å². The van der Waals surface area contributed by atoms with Gasteiger partial charge in [-0.25, -0.2) is 0 Å². The van der Waals surface area contributed by atoms with Gasteiger partial charge in [0.05, 0.1) is 6.10 Å². The molecule has 4 rings (SSSR count). The molecule has 0 spiro atoms. The van der Waals surface area contributed by atoms with Crippen LogP contribution in [-0.4, -0.2) is 11.2 Å². The molecule has 4 aliphatic rings. The van der Waals surface area contributed by atoms with Gasteiger partial charge >= 0.3 is 0 Å². The minimum absolute atomic E-state index is 0.0992. The van der Waals surface area contributed by atoms with E-state index in [9.17, 15) is 5.11 Å². The van der Waals surface area contributed by atoms with Gasteiger partial charge in [-0.05, 0) is 67.6 Å². The molecule has 0 aliphatic heterocycles. The molecule has 0 amide bonds. The zero-order valence-corrected chi connectivity index (χ0v) is 8.73. The van der Waals surface area contributed by atoms with E-state index in [1.807, 2.05) is 0 Å². The van der Waals surface area contributed by atoms with Crippen molar-refractivity contribution in [1.29, 1.82) is 0 Å². The average molecular weight is 192 g/mol. The van der Waals surface area contributed by atoms with Crippen molar-refractivity contribution in [2.75, 3.05) is 0 Å². The molecule has 0 aromatic heterocycles. The first-order chi connectivity index (χ1) is 6.86. The topological polar surface area (TPSA) is 20.2 Å². The number of hydrogen-bond donors (Lipinski definition) is 1. The summed E-state index contributed by atoms with van der Waals surface area (Å²) in [6.07, 6.45) is 8.58. The van der Waals surface area contributed by atoms with Crippen LogP contribution in [0.3, 0.4) is 0 Å². The number of aliphatic hydroxyl groups is 1. The molecule has 5 atom stereocenters. The van der Waals surface area contributed by atoms with Crippen molar-refractivity contribution in [3.8, 4) is 0 Å². The third-order valence-electron chi connectivity index (χ3n) is 5.82. The summed E-state index contributed by atoms with van der Waals surface area (Å²) >= 11 is 0. The third kappa shape index (κ3) is 0.856. The van der Waals surface area contributed by atoms with Gasteiger partial charge in [-0.3, -0.25) is 0 Å². The van der Waals surface area contributed by atoms with E-state index in [-0.39, 0.29) is 6.10 Å². The van der Waals surface area contributed by atoms with Gasteiger partial charge in [0.2, 0.25) is 0 Å². The summed E-state index contributed by atoms with van der Waals surface area (Å²) in [5.74, 6) is 5.47. The van der Waals surface area contributed by atoms with Crippen LogP contribution < -0.4 is 0 Å². The number of aliphatic hydroxyl groups excluding tert-OH is 1. The van der Waals surface area contributed by atoms with E-state index >= 15 is 0 Å². The van der Waals surface area contributed by atoms with Crippen molar-refractivity contribution < 1.29 is 5.11 Å². The molecule has 4 fully saturated rings. The molecule has 1 nitrogen and oxygen atoms in total. The van der Waals surface area contributed by atoms with Crippen LogP contribution >= 0.6 is 0 Å². The lowest BCUT2D eigenvalue weighted by molar-refractivity contribution is 0.0312. The van der Waals surface area contributed by atoms with Crippen LogP contribution in [0.2, 0.25) is 0 Å². The van der Waals surface area contributed by atoms with Gasteiger partial charge in [-0.2, -0.15) is 0 Å². The standard InChI is InChI=1S/C13H20O/c14-13(7-2-1-3-7)12-10-8-4-5-9(6-8)11(10)12/h7-14H,1-6H2. The summed E-state index contributed by atoms with van der Waals surface area (Å²) in [4.78, 5) is 0. The normalized spacial score (nSPS) is 56.8. The minimum Gasteiger partial charge on any atom is -0.393 e. The van der Waals surface area contributed by atoms with E-state index in [1.165, 1.54) is 38.5 Å². The van der Waals surface area contributed by atoms with Crippen LogP contribution in [0.15, 0.2) is 0 Å². The zero-order chi connectivity index (χ0) is 9.28. The highest BCUT2D eigenvalue weighted by Crippen LogP contribution is 2.71. The van der Waals surface area contributed by atoms with Gasteiger partial charge in [0.1, 0.15) is 0 Å². The first-order valence-electron chi connectivity index (χ1n) is 6.54. The first-order valence-corrected chi connectivity index (χ1v) is 6.54. The van der Waals surface area contributed by atoms with Crippen molar-refractivity contribution in [3.63, 3.8) is 0 Å². The van der Waals surface area contributed by atoms with Crippen LogP contribution in [0.25, 0.3) is 0 Å². The van der Waals surface area contributed by atoms with E-state index in [0.29, 0.717) is 5.92 Å². The largest absolute Gasteiger partial charge is 0.393 e.